The predicted molar refractivity (Wildman–Crippen MR) is 92.1 cm³/mol. The zero-order valence-corrected chi connectivity index (χ0v) is 14.0. The van der Waals surface area contributed by atoms with Crippen molar-refractivity contribution in [3.05, 3.63) is 71.8 Å². The van der Waals surface area contributed by atoms with Crippen LogP contribution in [0.15, 0.2) is 60.7 Å². The number of carboxylic acids is 1. The Morgan fingerprint density at radius 2 is 1.62 bits per heavy atom. The van der Waals surface area contributed by atoms with Gasteiger partial charge in [0.15, 0.2) is 6.10 Å². The maximum atomic E-state index is 10.2. The van der Waals surface area contributed by atoms with Gasteiger partial charge in [-0.05, 0) is 18.1 Å². The summed E-state index contributed by atoms with van der Waals surface area (Å²) in [7, 11) is 0. The first kappa shape index (κ1) is 19.8. The molecule has 0 aromatic heterocycles. The largest absolute Gasteiger partial charge is 0.479 e. The lowest BCUT2D eigenvalue weighted by atomic mass is 10.1. The number of ether oxygens (including phenoxy) is 1. The first-order chi connectivity index (χ1) is 11.5. The molecule has 0 saturated heterocycles. The Balaban J connectivity index is 0.000000243. The molecule has 0 heterocycles. The number of carboxylic acid groups (broad SMARTS) is 1. The molecule has 2 rings (SSSR count). The minimum absolute atomic E-state index is 0.403. The summed E-state index contributed by atoms with van der Waals surface area (Å²) in [4.78, 5) is 10.2. The van der Waals surface area contributed by atoms with E-state index in [9.17, 15) is 4.79 Å². The summed E-state index contributed by atoms with van der Waals surface area (Å²) < 4.78 is 5.49. The molecule has 0 aliphatic heterocycles. The van der Waals surface area contributed by atoms with Crippen LogP contribution in [0.1, 0.15) is 30.6 Å². The van der Waals surface area contributed by atoms with Gasteiger partial charge in [0.1, 0.15) is 0 Å². The van der Waals surface area contributed by atoms with Crippen LogP contribution in [0, 0.1) is 0 Å². The zero-order valence-electron chi connectivity index (χ0n) is 14.0. The quantitative estimate of drug-likeness (QED) is 0.676. The molecule has 0 fully saturated rings. The van der Waals surface area contributed by atoms with Crippen molar-refractivity contribution in [2.45, 2.75) is 32.1 Å². The number of quaternary nitrogens is 1. The van der Waals surface area contributed by atoms with Gasteiger partial charge in [-0.3, -0.25) is 0 Å². The van der Waals surface area contributed by atoms with Crippen LogP contribution in [0.2, 0.25) is 0 Å². The van der Waals surface area contributed by atoms with Crippen LogP contribution in [0.25, 0.3) is 0 Å². The number of hydrogen-bond donors (Lipinski definition) is 3. The third kappa shape index (κ3) is 8.43. The molecule has 24 heavy (non-hydrogen) atoms. The van der Waals surface area contributed by atoms with Crippen molar-refractivity contribution in [1.82, 2.24) is 0 Å². The highest BCUT2D eigenvalue weighted by Gasteiger charge is 2.14. The van der Waals surface area contributed by atoms with Gasteiger partial charge < -0.3 is 20.7 Å². The molecular formula is C19H26NO4+. The van der Waals surface area contributed by atoms with Gasteiger partial charge in [0.25, 0.3) is 0 Å². The molecule has 5 heteroatoms. The lowest BCUT2D eigenvalue weighted by Crippen LogP contribution is -2.59. The normalized spacial score (nSPS) is 12.6. The lowest BCUT2D eigenvalue weighted by Gasteiger charge is -2.04. The number of rotatable bonds is 7. The highest BCUT2D eigenvalue weighted by Crippen LogP contribution is 2.10. The Hall–Kier alpha value is -2.21. The zero-order chi connectivity index (χ0) is 17.8. The van der Waals surface area contributed by atoms with Gasteiger partial charge in [-0.25, -0.2) is 4.79 Å². The maximum absolute atomic E-state index is 10.2. The summed E-state index contributed by atoms with van der Waals surface area (Å²) in [5, 5.41) is 17.4. The fraction of sp³-hybridized carbons (Fsp3) is 0.316. The average molecular weight is 332 g/mol. The number of aliphatic hydroxyl groups excluding tert-OH is 1. The first-order valence-electron chi connectivity index (χ1n) is 7.91. The van der Waals surface area contributed by atoms with Crippen LogP contribution < -0.4 is 5.73 Å². The van der Waals surface area contributed by atoms with Crippen LogP contribution in [0.4, 0.5) is 0 Å². The van der Waals surface area contributed by atoms with Gasteiger partial charge >= 0.3 is 5.97 Å². The molecule has 5 N–H and O–H groups in total. The summed E-state index contributed by atoms with van der Waals surface area (Å²) >= 11 is 0. The Morgan fingerprint density at radius 1 is 1.08 bits per heavy atom. The minimum Gasteiger partial charge on any atom is -0.479 e. The third-order valence-electron chi connectivity index (χ3n) is 3.22. The van der Waals surface area contributed by atoms with Crippen molar-refractivity contribution in [2.75, 3.05) is 6.61 Å². The minimum atomic E-state index is -1.41. The summed E-state index contributed by atoms with van der Waals surface area (Å²) in [5.74, 6) is -1.23. The van der Waals surface area contributed by atoms with Crippen molar-refractivity contribution in [3.63, 3.8) is 0 Å². The third-order valence-corrected chi connectivity index (χ3v) is 3.22. The standard InChI is InChI=1S/C11H17NO.C8H8O3/c1-10(12)7-8-13-9-11-5-3-2-4-6-11;9-7(8(10)11)6-4-2-1-3-5-6/h2-6,10H,7-9,12H2,1H3;1-5,7,9H,(H,10,11)/p+1/t10-;7-/m01/s1. The number of carbonyl (C=O) groups is 1. The van der Waals surface area contributed by atoms with Crippen molar-refractivity contribution < 1.29 is 25.5 Å². The van der Waals surface area contributed by atoms with E-state index in [4.69, 9.17) is 14.9 Å². The topological polar surface area (TPSA) is 94.4 Å². The van der Waals surface area contributed by atoms with Gasteiger partial charge in [0, 0.05) is 6.42 Å². The van der Waals surface area contributed by atoms with Gasteiger partial charge in [0.2, 0.25) is 0 Å². The molecule has 5 nitrogen and oxygen atoms in total. The van der Waals surface area contributed by atoms with Crippen LogP contribution in [0.3, 0.4) is 0 Å². The van der Waals surface area contributed by atoms with Gasteiger partial charge in [-0.15, -0.1) is 0 Å². The van der Waals surface area contributed by atoms with Crippen molar-refractivity contribution >= 4 is 5.97 Å². The number of aliphatic hydroxyl groups is 1. The van der Waals surface area contributed by atoms with E-state index in [2.05, 4.69) is 24.8 Å². The van der Waals surface area contributed by atoms with Crippen LogP contribution in [-0.4, -0.2) is 28.8 Å². The van der Waals surface area contributed by atoms with E-state index < -0.39 is 12.1 Å². The molecule has 0 unspecified atom stereocenters. The van der Waals surface area contributed by atoms with E-state index in [1.807, 2.05) is 18.2 Å². The SMILES string of the molecule is C[C@H]([NH3+])CCOCc1ccccc1.O=C(O)[C@H](O)c1ccccc1. The molecule has 2 atom stereocenters. The van der Waals surface area contributed by atoms with E-state index in [1.165, 1.54) is 5.56 Å². The second kappa shape index (κ2) is 11.3. The number of benzene rings is 2. The van der Waals surface area contributed by atoms with Gasteiger partial charge in [-0.1, -0.05) is 60.7 Å². The van der Waals surface area contributed by atoms with Gasteiger partial charge in [-0.2, -0.15) is 0 Å². The highest BCUT2D eigenvalue weighted by molar-refractivity contribution is 5.73. The Morgan fingerprint density at radius 3 is 2.12 bits per heavy atom. The monoisotopic (exact) mass is 332 g/mol. The second-order valence-electron chi connectivity index (χ2n) is 5.58. The predicted octanol–water partition coefficient (Wildman–Crippen LogP) is 2.03. The number of hydrogen-bond acceptors (Lipinski definition) is 3. The Labute approximate surface area is 142 Å². The fourth-order valence-electron chi connectivity index (χ4n) is 1.83. The first-order valence-corrected chi connectivity index (χ1v) is 7.91. The maximum Gasteiger partial charge on any atom is 0.337 e. The molecule has 0 aliphatic carbocycles. The van der Waals surface area contributed by atoms with E-state index in [0.29, 0.717) is 18.2 Å². The summed E-state index contributed by atoms with van der Waals surface area (Å²) in [6.45, 7) is 3.62. The molecule has 0 radical (unpaired) electrons. The van der Waals surface area contributed by atoms with E-state index in [1.54, 1.807) is 30.3 Å². The molecule has 2 aromatic carbocycles. The van der Waals surface area contributed by atoms with Crippen molar-refractivity contribution in [2.24, 2.45) is 0 Å². The summed E-state index contributed by atoms with van der Waals surface area (Å²) in [6.07, 6.45) is -0.372. The molecule has 0 saturated carbocycles. The fourth-order valence-corrected chi connectivity index (χ4v) is 1.83. The molecular weight excluding hydrogens is 306 g/mol. The average Bonchev–Trinajstić information content (AvgIpc) is 2.60. The molecule has 0 aliphatic rings. The van der Waals surface area contributed by atoms with E-state index in [-0.39, 0.29) is 0 Å². The smallest absolute Gasteiger partial charge is 0.337 e. The summed E-state index contributed by atoms with van der Waals surface area (Å²) in [6, 6.07) is 19.0. The van der Waals surface area contributed by atoms with Crippen LogP contribution >= 0.6 is 0 Å². The second-order valence-corrected chi connectivity index (χ2v) is 5.58. The molecule has 2 aromatic rings. The van der Waals surface area contributed by atoms with Gasteiger partial charge in [0.05, 0.1) is 19.3 Å². The van der Waals surface area contributed by atoms with E-state index in [0.717, 1.165) is 13.0 Å². The van der Waals surface area contributed by atoms with Crippen molar-refractivity contribution in [3.8, 4) is 0 Å². The Kier molecular flexibility index (Phi) is 9.38. The van der Waals surface area contributed by atoms with Crippen molar-refractivity contribution in [1.29, 1.82) is 0 Å². The highest BCUT2D eigenvalue weighted by atomic mass is 16.5. The lowest BCUT2D eigenvalue weighted by molar-refractivity contribution is -0.416. The van der Waals surface area contributed by atoms with Crippen LogP contribution in [-0.2, 0) is 16.1 Å². The molecule has 0 amide bonds. The molecule has 0 bridgehead atoms. The Bertz CT molecular complexity index is 572. The van der Waals surface area contributed by atoms with Crippen LogP contribution in [0.5, 0.6) is 0 Å². The molecule has 0 spiro atoms. The van der Waals surface area contributed by atoms with E-state index >= 15 is 0 Å². The summed E-state index contributed by atoms with van der Waals surface area (Å²) in [5.41, 5.74) is 5.54. The number of aliphatic carboxylic acids is 1. The molecule has 130 valence electrons.